The van der Waals surface area contributed by atoms with Crippen LogP contribution in [-0.2, 0) is 16.6 Å². The Labute approximate surface area is 131 Å². The molecule has 0 aliphatic carbocycles. The van der Waals surface area contributed by atoms with Gasteiger partial charge in [0.2, 0.25) is 10.0 Å². The van der Waals surface area contributed by atoms with Crippen LogP contribution in [0.25, 0.3) is 0 Å². The molecule has 120 valence electrons. The highest BCUT2D eigenvalue weighted by Crippen LogP contribution is 2.21. The first kappa shape index (κ1) is 16.9. The van der Waals surface area contributed by atoms with Gasteiger partial charge in [-0.2, -0.15) is 0 Å². The van der Waals surface area contributed by atoms with Crippen molar-refractivity contribution >= 4 is 21.4 Å². The third-order valence-corrected chi connectivity index (χ3v) is 6.28. The van der Waals surface area contributed by atoms with E-state index in [9.17, 15) is 8.42 Å². The van der Waals surface area contributed by atoms with Gasteiger partial charge in [-0.25, -0.2) is 13.1 Å². The Morgan fingerprint density at radius 3 is 2.76 bits per heavy atom. The third-order valence-electron chi connectivity index (χ3n) is 3.72. The summed E-state index contributed by atoms with van der Waals surface area (Å²) in [5, 5.41) is 4.84. The molecule has 0 radical (unpaired) electrons. The number of thiophene rings is 1. The molecular weight excluding hydrogens is 306 g/mol. The second kappa shape index (κ2) is 7.69. The van der Waals surface area contributed by atoms with Crippen LogP contribution in [0.3, 0.4) is 0 Å². The lowest BCUT2D eigenvalue weighted by atomic mass is 10.2. The van der Waals surface area contributed by atoms with E-state index < -0.39 is 10.0 Å². The lowest BCUT2D eigenvalue weighted by Gasteiger charge is -2.20. The van der Waals surface area contributed by atoms with Crippen molar-refractivity contribution in [3.05, 3.63) is 16.3 Å². The van der Waals surface area contributed by atoms with Crippen LogP contribution in [-0.4, -0.2) is 46.5 Å². The Morgan fingerprint density at radius 1 is 1.38 bits per heavy atom. The summed E-state index contributed by atoms with van der Waals surface area (Å²) in [6.45, 7) is 6.44. The van der Waals surface area contributed by atoms with E-state index in [-0.39, 0.29) is 0 Å². The van der Waals surface area contributed by atoms with Gasteiger partial charge in [-0.15, -0.1) is 11.3 Å². The summed E-state index contributed by atoms with van der Waals surface area (Å²) in [6, 6.07) is 1.69. The molecule has 21 heavy (non-hydrogen) atoms. The summed E-state index contributed by atoms with van der Waals surface area (Å²) in [7, 11) is -1.58. The van der Waals surface area contributed by atoms with Crippen molar-refractivity contribution in [1.82, 2.24) is 14.9 Å². The van der Waals surface area contributed by atoms with Gasteiger partial charge >= 0.3 is 0 Å². The lowest BCUT2D eigenvalue weighted by molar-refractivity contribution is 0.288. The summed E-state index contributed by atoms with van der Waals surface area (Å²) in [5.74, 6) is 0.323. The molecule has 0 saturated carbocycles. The second-order valence-electron chi connectivity index (χ2n) is 5.70. The molecule has 1 fully saturated rings. The zero-order valence-electron chi connectivity index (χ0n) is 12.8. The van der Waals surface area contributed by atoms with E-state index in [1.807, 2.05) is 12.4 Å². The van der Waals surface area contributed by atoms with Gasteiger partial charge in [0.15, 0.2) is 0 Å². The van der Waals surface area contributed by atoms with Crippen molar-refractivity contribution in [2.75, 3.05) is 33.2 Å². The van der Waals surface area contributed by atoms with Crippen molar-refractivity contribution in [3.63, 3.8) is 0 Å². The summed E-state index contributed by atoms with van der Waals surface area (Å²) < 4.78 is 27.5. The number of likely N-dealkylation sites (tertiary alicyclic amines) is 1. The quantitative estimate of drug-likeness (QED) is 0.757. The number of hydrogen-bond acceptors (Lipinski definition) is 5. The molecular formula is C14H25N3O2S2. The van der Waals surface area contributed by atoms with Crippen LogP contribution < -0.4 is 10.0 Å². The predicted molar refractivity (Wildman–Crippen MR) is 87.1 cm³/mol. The first-order chi connectivity index (χ1) is 10.0. The molecule has 1 unspecified atom stereocenters. The third kappa shape index (κ3) is 4.75. The van der Waals surface area contributed by atoms with Gasteiger partial charge in [0, 0.05) is 24.5 Å². The number of rotatable bonds is 8. The summed E-state index contributed by atoms with van der Waals surface area (Å²) in [4.78, 5) is 3.68. The van der Waals surface area contributed by atoms with Crippen molar-refractivity contribution in [3.8, 4) is 0 Å². The van der Waals surface area contributed by atoms with Crippen LogP contribution in [0, 0.1) is 5.92 Å². The van der Waals surface area contributed by atoms with Crippen molar-refractivity contribution in [2.45, 2.75) is 31.2 Å². The minimum atomic E-state index is -3.40. The summed E-state index contributed by atoms with van der Waals surface area (Å²) in [5.41, 5.74) is 0. The van der Waals surface area contributed by atoms with E-state index in [0.29, 0.717) is 23.9 Å². The molecule has 7 heteroatoms. The van der Waals surface area contributed by atoms with Gasteiger partial charge in [0.1, 0.15) is 0 Å². The zero-order valence-corrected chi connectivity index (χ0v) is 14.4. The number of nitrogens with zero attached hydrogens (tertiary/aromatic N) is 1. The van der Waals surface area contributed by atoms with E-state index >= 15 is 0 Å². The van der Waals surface area contributed by atoms with Crippen LogP contribution in [0.5, 0.6) is 0 Å². The standard InChI is InChI=1S/C14H25N3O2S2/c1-12(11-17-6-3-4-7-17)9-16-21(18,19)14-5-8-20-13(14)10-15-2/h5,8,12,15-16H,3-4,6-7,9-11H2,1-2H3. The van der Waals surface area contributed by atoms with Gasteiger partial charge in [-0.3, -0.25) is 0 Å². The van der Waals surface area contributed by atoms with Gasteiger partial charge in [0.25, 0.3) is 0 Å². The van der Waals surface area contributed by atoms with E-state index in [2.05, 4.69) is 21.9 Å². The Hall–Kier alpha value is -0.470. The highest BCUT2D eigenvalue weighted by Gasteiger charge is 2.21. The van der Waals surface area contributed by atoms with Gasteiger partial charge in [-0.1, -0.05) is 6.92 Å². The van der Waals surface area contributed by atoms with E-state index in [1.54, 1.807) is 6.07 Å². The molecule has 1 aromatic rings. The summed E-state index contributed by atoms with van der Waals surface area (Å²) in [6.07, 6.45) is 2.53. The molecule has 1 saturated heterocycles. The SMILES string of the molecule is CNCc1sccc1S(=O)(=O)NCC(C)CN1CCCC1. The fraction of sp³-hybridized carbons (Fsp3) is 0.714. The molecule has 2 heterocycles. The molecule has 0 amide bonds. The molecule has 2 N–H and O–H groups in total. The van der Waals surface area contributed by atoms with Gasteiger partial charge in [-0.05, 0) is 50.3 Å². The molecule has 5 nitrogen and oxygen atoms in total. The van der Waals surface area contributed by atoms with Crippen LogP contribution >= 0.6 is 11.3 Å². The van der Waals surface area contributed by atoms with Crippen LogP contribution in [0.4, 0.5) is 0 Å². The number of nitrogens with one attached hydrogen (secondary N) is 2. The smallest absolute Gasteiger partial charge is 0.241 e. The monoisotopic (exact) mass is 331 g/mol. The Bertz CT molecular complexity index is 536. The highest BCUT2D eigenvalue weighted by molar-refractivity contribution is 7.89. The molecule has 1 aliphatic rings. The van der Waals surface area contributed by atoms with Crippen molar-refractivity contribution < 1.29 is 8.42 Å². The Morgan fingerprint density at radius 2 is 2.10 bits per heavy atom. The van der Waals surface area contributed by atoms with Crippen molar-refractivity contribution in [2.24, 2.45) is 5.92 Å². The Balaban J connectivity index is 1.89. The summed E-state index contributed by atoms with van der Waals surface area (Å²) >= 11 is 1.47. The minimum absolute atomic E-state index is 0.323. The average Bonchev–Trinajstić information content (AvgIpc) is 3.08. The fourth-order valence-corrected chi connectivity index (χ4v) is 5.28. The lowest BCUT2D eigenvalue weighted by Crippen LogP contribution is -2.34. The maximum Gasteiger partial charge on any atom is 0.241 e. The molecule has 0 bridgehead atoms. The molecule has 0 spiro atoms. The van der Waals surface area contributed by atoms with Crippen molar-refractivity contribution in [1.29, 1.82) is 0 Å². The number of hydrogen-bond donors (Lipinski definition) is 2. The predicted octanol–water partition coefficient (Wildman–Crippen LogP) is 1.48. The largest absolute Gasteiger partial charge is 0.315 e. The first-order valence-corrected chi connectivity index (χ1v) is 9.82. The maximum absolute atomic E-state index is 12.4. The molecule has 0 aromatic carbocycles. The first-order valence-electron chi connectivity index (χ1n) is 7.46. The van der Waals surface area contributed by atoms with Crippen LogP contribution in [0.2, 0.25) is 0 Å². The highest BCUT2D eigenvalue weighted by atomic mass is 32.2. The molecule has 2 rings (SSSR count). The Kier molecular flexibility index (Phi) is 6.19. The van der Waals surface area contributed by atoms with Crippen LogP contribution in [0.15, 0.2) is 16.3 Å². The second-order valence-corrected chi connectivity index (χ2v) is 8.44. The number of sulfonamides is 1. The minimum Gasteiger partial charge on any atom is -0.315 e. The van der Waals surface area contributed by atoms with Crippen LogP contribution in [0.1, 0.15) is 24.6 Å². The normalized spacial score (nSPS) is 18.2. The van der Waals surface area contributed by atoms with Gasteiger partial charge in [0.05, 0.1) is 4.90 Å². The zero-order chi connectivity index (χ0) is 15.3. The van der Waals surface area contributed by atoms with E-state index in [4.69, 9.17) is 0 Å². The fourth-order valence-electron chi connectivity index (χ4n) is 2.66. The average molecular weight is 332 g/mol. The molecule has 1 aliphatic heterocycles. The van der Waals surface area contributed by atoms with Gasteiger partial charge < -0.3 is 10.2 Å². The molecule has 1 atom stereocenters. The topological polar surface area (TPSA) is 61.4 Å². The van der Waals surface area contributed by atoms with E-state index in [0.717, 1.165) is 24.5 Å². The van der Waals surface area contributed by atoms with E-state index in [1.165, 1.54) is 24.2 Å². The molecule has 1 aromatic heterocycles. The maximum atomic E-state index is 12.4.